The maximum absolute atomic E-state index is 12.2. The first-order valence-electron chi connectivity index (χ1n) is 7.68. The molecule has 1 aliphatic carbocycles. The molecule has 2 fully saturated rings. The molecule has 2 aliphatic rings. The van der Waals surface area contributed by atoms with Crippen molar-refractivity contribution in [2.24, 2.45) is 5.92 Å². The highest BCUT2D eigenvalue weighted by molar-refractivity contribution is 5.80. The predicted octanol–water partition coefficient (Wildman–Crippen LogP) is 2.04. The van der Waals surface area contributed by atoms with Gasteiger partial charge in [0, 0.05) is 39.5 Å². The summed E-state index contributed by atoms with van der Waals surface area (Å²) < 4.78 is 0. The Balaban J connectivity index is 1.74. The van der Waals surface area contributed by atoms with Crippen molar-refractivity contribution in [3.63, 3.8) is 0 Å². The highest BCUT2D eigenvalue weighted by atomic mass is 16.2. The Kier molecular flexibility index (Phi) is 5.23. The molecule has 2 rings (SSSR count). The Morgan fingerprint density at radius 1 is 1.16 bits per heavy atom. The number of carbonyl (C=O) groups excluding carboxylic acids is 2. The number of hydrogen-bond donors (Lipinski definition) is 0. The molecule has 108 valence electrons. The van der Waals surface area contributed by atoms with E-state index in [4.69, 9.17) is 0 Å². The van der Waals surface area contributed by atoms with Gasteiger partial charge in [0.05, 0.1) is 0 Å². The van der Waals surface area contributed by atoms with E-state index in [1.54, 1.807) is 4.90 Å². The van der Waals surface area contributed by atoms with Crippen LogP contribution in [0.2, 0.25) is 0 Å². The van der Waals surface area contributed by atoms with Crippen LogP contribution in [0.15, 0.2) is 0 Å². The summed E-state index contributed by atoms with van der Waals surface area (Å²) in [6.07, 6.45) is 8.82. The monoisotopic (exact) mass is 266 g/mol. The summed E-state index contributed by atoms with van der Waals surface area (Å²) in [7, 11) is 1.82. The first kappa shape index (κ1) is 14.4. The molecule has 1 aliphatic heterocycles. The molecule has 0 bridgehead atoms. The van der Waals surface area contributed by atoms with E-state index in [0.29, 0.717) is 32.5 Å². The molecule has 4 nitrogen and oxygen atoms in total. The van der Waals surface area contributed by atoms with Crippen molar-refractivity contribution >= 4 is 11.8 Å². The van der Waals surface area contributed by atoms with E-state index in [0.717, 1.165) is 12.3 Å². The molecule has 0 N–H and O–H groups in total. The van der Waals surface area contributed by atoms with Gasteiger partial charge >= 0.3 is 0 Å². The van der Waals surface area contributed by atoms with E-state index in [-0.39, 0.29) is 11.8 Å². The third-order valence-electron chi connectivity index (χ3n) is 4.57. The van der Waals surface area contributed by atoms with Gasteiger partial charge in [-0.3, -0.25) is 9.59 Å². The zero-order valence-electron chi connectivity index (χ0n) is 12.1. The van der Waals surface area contributed by atoms with Crippen molar-refractivity contribution in [2.75, 3.05) is 26.7 Å². The largest absolute Gasteiger partial charge is 0.344 e. The number of carbonyl (C=O) groups is 2. The third kappa shape index (κ3) is 4.22. The minimum atomic E-state index is 0.155. The highest BCUT2D eigenvalue weighted by Gasteiger charge is 2.22. The molecular formula is C15H26N2O2. The molecule has 1 saturated carbocycles. The zero-order valence-corrected chi connectivity index (χ0v) is 12.1. The molecule has 0 spiro atoms. The van der Waals surface area contributed by atoms with Crippen LogP contribution in [0.4, 0.5) is 0 Å². The Labute approximate surface area is 116 Å². The lowest BCUT2D eigenvalue weighted by Gasteiger charge is -2.24. The van der Waals surface area contributed by atoms with Crippen molar-refractivity contribution in [3.8, 4) is 0 Å². The number of likely N-dealkylation sites (N-methyl/N-ethyl adjacent to an activating group) is 1. The smallest absolute Gasteiger partial charge is 0.224 e. The normalized spacial score (nSPS) is 22.5. The SMILES string of the molecule is CN1CCN(C(=O)CCC2CCCCC2)CCC1=O. The van der Waals surface area contributed by atoms with Gasteiger partial charge in [-0.25, -0.2) is 0 Å². The van der Waals surface area contributed by atoms with Crippen LogP contribution in [0, 0.1) is 5.92 Å². The minimum Gasteiger partial charge on any atom is -0.344 e. The van der Waals surface area contributed by atoms with Crippen LogP contribution in [0.1, 0.15) is 51.4 Å². The summed E-state index contributed by atoms with van der Waals surface area (Å²) in [5.74, 6) is 1.16. The van der Waals surface area contributed by atoms with Gasteiger partial charge in [0.2, 0.25) is 11.8 Å². The quantitative estimate of drug-likeness (QED) is 0.784. The Morgan fingerprint density at radius 2 is 1.89 bits per heavy atom. The molecule has 0 aromatic heterocycles. The van der Waals surface area contributed by atoms with E-state index in [1.807, 2.05) is 11.9 Å². The fourth-order valence-corrected chi connectivity index (χ4v) is 3.14. The lowest BCUT2D eigenvalue weighted by atomic mass is 9.86. The molecular weight excluding hydrogens is 240 g/mol. The van der Waals surface area contributed by atoms with Crippen molar-refractivity contribution in [1.29, 1.82) is 0 Å². The zero-order chi connectivity index (χ0) is 13.7. The van der Waals surface area contributed by atoms with Crippen LogP contribution in [-0.2, 0) is 9.59 Å². The van der Waals surface area contributed by atoms with Gasteiger partial charge in [0.25, 0.3) is 0 Å². The molecule has 0 atom stereocenters. The van der Waals surface area contributed by atoms with Crippen LogP contribution in [0.25, 0.3) is 0 Å². The van der Waals surface area contributed by atoms with E-state index in [1.165, 1.54) is 32.1 Å². The van der Waals surface area contributed by atoms with Gasteiger partial charge in [-0.15, -0.1) is 0 Å². The molecule has 0 radical (unpaired) electrons. The van der Waals surface area contributed by atoms with Gasteiger partial charge in [-0.1, -0.05) is 32.1 Å². The van der Waals surface area contributed by atoms with Gasteiger partial charge in [-0.2, -0.15) is 0 Å². The Bertz CT molecular complexity index is 324. The molecule has 4 heteroatoms. The van der Waals surface area contributed by atoms with Gasteiger partial charge in [-0.05, 0) is 12.3 Å². The second kappa shape index (κ2) is 6.92. The molecule has 0 aromatic rings. The maximum Gasteiger partial charge on any atom is 0.224 e. The molecule has 1 heterocycles. The summed E-state index contributed by atoms with van der Waals surface area (Å²) in [6.45, 7) is 1.98. The second-order valence-corrected chi connectivity index (χ2v) is 5.99. The van der Waals surface area contributed by atoms with E-state index < -0.39 is 0 Å². The summed E-state index contributed by atoms with van der Waals surface area (Å²) in [5, 5.41) is 0. The third-order valence-corrected chi connectivity index (χ3v) is 4.57. The summed E-state index contributed by atoms with van der Waals surface area (Å²) in [6, 6.07) is 0. The number of rotatable bonds is 3. The minimum absolute atomic E-state index is 0.155. The highest BCUT2D eigenvalue weighted by Crippen LogP contribution is 2.27. The van der Waals surface area contributed by atoms with Gasteiger partial charge < -0.3 is 9.80 Å². The van der Waals surface area contributed by atoms with Crippen molar-refractivity contribution in [2.45, 2.75) is 51.4 Å². The number of amides is 2. The van der Waals surface area contributed by atoms with Crippen molar-refractivity contribution < 1.29 is 9.59 Å². The average molecular weight is 266 g/mol. The Morgan fingerprint density at radius 3 is 2.63 bits per heavy atom. The lowest BCUT2D eigenvalue weighted by Crippen LogP contribution is -2.34. The topological polar surface area (TPSA) is 40.6 Å². The fraction of sp³-hybridized carbons (Fsp3) is 0.867. The van der Waals surface area contributed by atoms with E-state index in [2.05, 4.69) is 0 Å². The van der Waals surface area contributed by atoms with Crippen LogP contribution in [-0.4, -0.2) is 48.3 Å². The molecule has 1 saturated heterocycles. The first-order valence-corrected chi connectivity index (χ1v) is 7.68. The maximum atomic E-state index is 12.2. The van der Waals surface area contributed by atoms with Crippen molar-refractivity contribution in [1.82, 2.24) is 9.80 Å². The predicted molar refractivity (Wildman–Crippen MR) is 74.6 cm³/mol. The van der Waals surface area contributed by atoms with Gasteiger partial charge in [0.15, 0.2) is 0 Å². The van der Waals surface area contributed by atoms with Crippen LogP contribution < -0.4 is 0 Å². The molecule has 2 amide bonds. The van der Waals surface area contributed by atoms with Crippen LogP contribution >= 0.6 is 0 Å². The van der Waals surface area contributed by atoms with E-state index in [9.17, 15) is 9.59 Å². The summed E-state index contributed by atoms with van der Waals surface area (Å²) >= 11 is 0. The lowest BCUT2D eigenvalue weighted by molar-refractivity contribution is -0.131. The Hall–Kier alpha value is -1.06. The summed E-state index contributed by atoms with van der Waals surface area (Å²) in [4.78, 5) is 27.4. The number of hydrogen-bond acceptors (Lipinski definition) is 2. The molecule has 19 heavy (non-hydrogen) atoms. The van der Waals surface area contributed by atoms with Crippen LogP contribution in [0.3, 0.4) is 0 Å². The molecule has 0 unspecified atom stereocenters. The average Bonchev–Trinajstić information content (AvgIpc) is 2.60. The summed E-state index contributed by atoms with van der Waals surface area (Å²) in [5.41, 5.74) is 0. The van der Waals surface area contributed by atoms with E-state index >= 15 is 0 Å². The fourth-order valence-electron chi connectivity index (χ4n) is 3.14. The van der Waals surface area contributed by atoms with Crippen LogP contribution in [0.5, 0.6) is 0 Å². The first-order chi connectivity index (χ1) is 9.16. The van der Waals surface area contributed by atoms with Crippen molar-refractivity contribution in [3.05, 3.63) is 0 Å². The van der Waals surface area contributed by atoms with Gasteiger partial charge in [0.1, 0.15) is 0 Å². The standard InChI is InChI=1S/C15H26N2O2/c1-16-11-12-17(10-9-14(16)18)15(19)8-7-13-5-3-2-4-6-13/h13H,2-12H2,1H3. The number of nitrogens with zero attached hydrogens (tertiary/aromatic N) is 2. The molecule has 0 aromatic carbocycles. The second-order valence-electron chi connectivity index (χ2n) is 5.99.